The molecule has 0 saturated carbocycles. The molecule has 1 amide bonds. The molecule has 0 fully saturated rings. The molecule has 0 aliphatic carbocycles. The van der Waals surface area contributed by atoms with E-state index in [2.05, 4.69) is 5.32 Å². The number of amides is 1. The van der Waals surface area contributed by atoms with Crippen LogP contribution in [-0.2, 0) is 4.79 Å². The number of carbonyl (C=O) groups is 1. The lowest BCUT2D eigenvalue weighted by atomic mass is 10.3. The Balaban J connectivity index is 2.21. The molecule has 18 heavy (non-hydrogen) atoms. The van der Waals surface area contributed by atoms with Gasteiger partial charge in [-0.05, 0) is 26.0 Å². The molecule has 3 N–H and O–H groups in total. The van der Waals surface area contributed by atoms with Gasteiger partial charge in [-0.3, -0.25) is 4.79 Å². The van der Waals surface area contributed by atoms with Crippen molar-refractivity contribution in [3.05, 3.63) is 35.9 Å². The lowest BCUT2D eigenvalue weighted by Crippen LogP contribution is -2.25. The molecule has 98 valence electrons. The summed E-state index contributed by atoms with van der Waals surface area (Å²) in [6, 6.07) is 7.16. The highest BCUT2D eigenvalue weighted by atomic mass is 16.5. The fourth-order valence-corrected chi connectivity index (χ4v) is 1.32. The molecule has 0 bridgehead atoms. The van der Waals surface area contributed by atoms with Gasteiger partial charge in [-0.2, -0.15) is 0 Å². The van der Waals surface area contributed by atoms with Crippen LogP contribution in [0.5, 0.6) is 5.75 Å². The minimum Gasteiger partial charge on any atom is -0.493 e. The van der Waals surface area contributed by atoms with Crippen LogP contribution in [0.4, 0.5) is 5.69 Å². The van der Waals surface area contributed by atoms with Crippen molar-refractivity contribution >= 4 is 11.6 Å². The molecule has 1 rings (SSSR count). The maximum atomic E-state index is 11.4. The van der Waals surface area contributed by atoms with Crippen molar-refractivity contribution in [2.75, 3.05) is 18.9 Å². The van der Waals surface area contributed by atoms with Gasteiger partial charge in [-0.1, -0.05) is 17.7 Å². The van der Waals surface area contributed by atoms with Crippen molar-refractivity contribution in [3.63, 3.8) is 0 Å². The van der Waals surface area contributed by atoms with E-state index in [1.807, 2.05) is 32.1 Å². The summed E-state index contributed by atoms with van der Waals surface area (Å²) in [4.78, 5) is 11.4. The van der Waals surface area contributed by atoms with Gasteiger partial charge < -0.3 is 15.8 Å². The number of anilines is 1. The van der Waals surface area contributed by atoms with Crippen LogP contribution in [0.2, 0.25) is 0 Å². The normalized spacial score (nSPS) is 9.67. The number of nitrogens with two attached hydrogens (primary N) is 1. The van der Waals surface area contributed by atoms with Gasteiger partial charge in [0.05, 0.1) is 13.0 Å². The van der Waals surface area contributed by atoms with Crippen LogP contribution in [0.25, 0.3) is 0 Å². The molecule has 0 aliphatic rings. The maximum absolute atomic E-state index is 11.4. The molecule has 0 atom stereocenters. The van der Waals surface area contributed by atoms with E-state index in [1.165, 1.54) is 5.57 Å². The highest BCUT2D eigenvalue weighted by Gasteiger charge is 2.00. The van der Waals surface area contributed by atoms with Crippen molar-refractivity contribution in [2.24, 2.45) is 0 Å². The average Bonchev–Trinajstić information content (AvgIpc) is 2.28. The van der Waals surface area contributed by atoms with Crippen molar-refractivity contribution in [2.45, 2.75) is 20.3 Å². The Morgan fingerprint density at radius 3 is 2.89 bits per heavy atom. The third-order valence-electron chi connectivity index (χ3n) is 2.27. The first-order valence-corrected chi connectivity index (χ1v) is 5.96. The summed E-state index contributed by atoms with van der Waals surface area (Å²) >= 11 is 0. The van der Waals surface area contributed by atoms with Crippen LogP contribution in [0.1, 0.15) is 20.3 Å². The van der Waals surface area contributed by atoms with Gasteiger partial charge in [-0.25, -0.2) is 0 Å². The number of rotatable bonds is 6. The Kier molecular flexibility index (Phi) is 5.77. The number of ether oxygens (including phenoxy) is 1. The number of nitrogens with one attached hydrogen (secondary N) is 1. The number of carbonyl (C=O) groups excluding carboxylic acids is 1. The third kappa shape index (κ3) is 5.94. The topological polar surface area (TPSA) is 64.3 Å². The molecular weight excluding hydrogens is 228 g/mol. The van der Waals surface area contributed by atoms with Gasteiger partial charge in [0.25, 0.3) is 0 Å². The lowest BCUT2D eigenvalue weighted by molar-refractivity contribution is -0.121. The molecular formula is C14H20N2O2. The molecule has 4 nitrogen and oxygen atoms in total. The standard InChI is InChI=1S/C14H20N2O2/c1-11(2)6-8-16-14(17)7-9-18-13-5-3-4-12(15)10-13/h3-6,10H,7-9,15H2,1-2H3,(H,16,17). The molecule has 0 radical (unpaired) electrons. The molecule has 0 aliphatic heterocycles. The Morgan fingerprint density at radius 2 is 2.22 bits per heavy atom. The van der Waals surface area contributed by atoms with E-state index in [9.17, 15) is 4.79 Å². The van der Waals surface area contributed by atoms with E-state index in [0.717, 1.165) is 0 Å². The molecule has 4 heteroatoms. The smallest absolute Gasteiger partial charge is 0.223 e. The zero-order valence-corrected chi connectivity index (χ0v) is 10.9. The number of allylic oxidation sites excluding steroid dienone is 1. The average molecular weight is 248 g/mol. The minimum atomic E-state index is -0.0172. The fourth-order valence-electron chi connectivity index (χ4n) is 1.32. The Labute approximate surface area is 108 Å². The van der Waals surface area contributed by atoms with Crippen LogP contribution in [0.3, 0.4) is 0 Å². The van der Waals surface area contributed by atoms with Crippen LogP contribution in [-0.4, -0.2) is 19.1 Å². The first-order chi connectivity index (χ1) is 8.58. The minimum absolute atomic E-state index is 0.0172. The van der Waals surface area contributed by atoms with Gasteiger partial charge in [0.2, 0.25) is 5.91 Å². The van der Waals surface area contributed by atoms with Crippen molar-refractivity contribution < 1.29 is 9.53 Å². The van der Waals surface area contributed by atoms with E-state index in [1.54, 1.807) is 12.1 Å². The van der Waals surface area contributed by atoms with Crippen LogP contribution in [0, 0.1) is 0 Å². The first kappa shape index (κ1) is 14.1. The Hall–Kier alpha value is -1.97. The van der Waals surface area contributed by atoms with Crippen molar-refractivity contribution in [1.82, 2.24) is 5.32 Å². The number of benzene rings is 1. The van der Waals surface area contributed by atoms with Gasteiger partial charge in [0, 0.05) is 18.3 Å². The second kappa shape index (κ2) is 7.37. The van der Waals surface area contributed by atoms with Gasteiger partial charge in [0.15, 0.2) is 0 Å². The summed E-state index contributed by atoms with van der Waals surface area (Å²) < 4.78 is 5.43. The summed E-state index contributed by atoms with van der Waals surface area (Å²) in [5, 5.41) is 2.79. The highest BCUT2D eigenvalue weighted by molar-refractivity contribution is 5.76. The van der Waals surface area contributed by atoms with Gasteiger partial charge in [0.1, 0.15) is 5.75 Å². The largest absolute Gasteiger partial charge is 0.493 e. The summed E-state index contributed by atoms with van der Waals surface area (Å²) in [5.74, 6) is 0.670. The van der Waals surface area contributed by atoms with E-state index >= 15 is 0 Å². The summed E-state index contributed by atoms with van der Waals surface area (Å²) in [7, 11) is 0. The second-order valence-electron chi connectivity index (χ2n) is 4.26. The van der Waals surface area contributed by atoms with E-state index in [-0.39, 0.29) is 5.91 Å². The maximum Gasteiger partial charge on any atom is 0.223 e. The predicted molar refractivity (Wildman–Crippen MR) is 73.4 cm³/mol. The number of hydrogen-bond donors (Lipinski definition) is 2. The zero-order chi connectivity index (χ0) is 13.4. The highest BCUT2D eigenvalue weighted by Crippen LogP contribution is 2.14. The van der Waals surface area contributed by atoms with E-state index < -0.39 is 0 Å². The van der Waals surface area contributed by atoms with Crippen LogP contribution < -0.4 is 15.8 Å². The molecule has 0 spiro atoms. The summed E-state index contributed by atoms with van der Waals surface area (Å²) in [6.45, 7) is 4.91. The van der Waals surface area contributed by atoms with Crippen LogP contribution >= 0.6 is 0 Å². The SMILES string of the molecule is CC(C)=CCNC(=O)CCOc1cccc(N)c1. The number of hydrogen-bond acceptors (Lipinski definition) is 3. The van der Waals surface area contributed by atoms with Gasteiger partial charge >= 0.3 is 0 Å². The first-order valence-electron chi connectivity index (χ1n) is 5.96. The van der Waals surface area contributed by atoms with E-state index in [0.29, 0.717) is 31.0 Å². The Bertz CT molecular complexity index is 424. The van der Waals surface area contributed by atoms with E-state index in [4.69, 9.17) is 10.5 Å². The molecule has 0 saturated heterocycles. The quantitative estimate of drug-likeness (QED) is 0.598. The molecule has 0 heterocycles. The zero-order valence-electron chi connectivity index (χ0n) is 10.9. The monoisotopic (exact) mass is 248 g/mol. The third-order valence-corrected chi connectivity index (χ3v) is 2.27. The lowest BCUT2D eigenvalue weighted by Gasteiger charge is -2.06. The molecule has 1 aromatic rings. The molecule has 0 aromatic heterocycles. The summed E-state index contributed by atoms with van der Waals surface area (Å²) in [6.07, 6.45) is 2.31. The second-order valence-corrected chi connectivity index (χ2v) is 4.26. The fraction of sp³-hybridized carbons (Fsp3) is 0.357. The summed E-state index contributed by atoms with van der Waals surface area (Å²) in [5.41, 5.74) is 7.46. The predicted octanol–water partition coefficient (Wildman–Crippen LogP) is 2.12. The number of nitrogen functional groups attached to an aromatic ring is 1. The van der Waals surface area contributed by atoms with Crippen molar-refractivity contribution in [3.8, 4) is 5.75 Å². The van der Waals surface area contributed by atoms with Crippen molar-refractivity contribution in [1.29, 1.82) is 0 Å². The van der Waals surface area contributed by atoms with Gasteiger partial charge in [-0.15, -0.1) is 0 Å². The Morgan fingerprint density at radius 1 is 1.44 bits per heavy atom. The molecule has 0 unspecified atom stereocenters. The molecule has 1 aromatic carbocycles. The van der Waals surface area contributed by atoms with Crippen LogP contribution in [0.15, 0.2) is 35.9 Å².